The molecule has 2 aromatic carbocycles. The molecule has 0 aliphatic rings. The maximum absolute atomic E-state index is 11.5. The van der Waals surface area contributed by atoms with Crippen LogP contribution in [0, 0.1) is 0 Å². The number of carbonyl (C=O) groups is 1. The number of carbonyl (C=O) groups excluding carboxylic acids is 1. The second-order valence-electron chi connectivity index (χ2n) is 3.92. The van der Waals surface area contributed by atoms with Crippen LogP contribution >= 0.6 is 23.2 Å². The number of halogens is 2. The number of benzene rings is 2. The molecule has 98 valence electrons. The second kappa shape index (κ2) is 6.09. The molecule has 0 amide bonds. The van der Waals surface area contributed by atoms with Crippen LogP contribution in [-0.2, 0) is 4.74 Å². The lowest BCUT2D eigenvalue weighted by atomic mass is 10.0. The highest BCUT2D eigenvalue weighted by atomic mass is 35.5. The molecule has 0 saturated carbocycles. The Kier molecular flexibility index (Phi) is 4.46. The monoisotopic (exact) mass is 294 g/mol. The molecule has 0 aromatic heterocycles. The lowest BCUT2D eigenvalue weighted by Gasteiger charge is -2.06. The van der Waals surface area contributed by atoms with E-state index in [9.17, 15) is 4.79 Å². The molecule has 2 aromatic rings. The SMILES string of the molecule is CCOC(=O)c1ccc(-c2ccc(Cl)cc2Cl)cc1. The van der Waals surface area contributed by atoms with Crippen molar-refractivity contribution < 1.29 is 9.53 Å². The summed E-state index contributed by atoms with van der Waals surface area (Å²) in [5.74, 6) is -0.323. The van der Waals surface area contributed by atoms with E-state index in [4.69, 9.17) is 27.9 Å². The zero-order chi connectivity index (χ0) is 13.8. The van der Waals surface area contributed by atoms with Crippen molar-refractivity contribution in [3.05, 3.63) is 58.1 Å². The maximum Gasteiger partial charge on any atom is 0.338 e. The molecule has 0 bridgehead atoms. The number of hydrogen-bond donors (Lipinski definition) is 0. The number of ether oxygens (including phenoxy) is 1. The second-order valence-corrected chi connectivity index (χ2v) is 4.77. The van der Waals surface area contributed by atoms with Gasteiger partial charge >= 0.3 is 5.97 Å². The highest BCUT2D eigenvalue weighted by Crippen LogP contribution is 2.30. The van der Waals surface area contributed by atoms with Crippen LogP contribution in [0.5, 0.6) is 0 Å². The number of esters is 1. The van der Waals surface area contributed by atoms with Crippen molar-refractivity contribution in [3.63, 3.8) is 0 Å². The van der Waals surface area contributed by atoms with Crippen molar-refractivity contribution in [1.29, 1.82) is 0 Å². The van der Waals surface area contributed by atoms with Crippen LogP contribution in [0.2, 0.25) is 10.0 Å². The topological polar surface area (TPSA) is 26.3 Å². The third-order valence-electron chi connectivity index (χ3n) is 2.64. The van der Waals surface area contributed by atoms with E-state index in [2.05, 4.69) is 0 Å². The minimum atomic E-state index is -0.323. The lowest BCUT2D eigenvalue weighted by Crippen LogP contribution is -2.03. The average Bonchev–Trinajstić information content (AvgIpc) is 2.39. The average molecular weight is 295 g/mol. The van der Waals surface area contributed by atoms with Gasteiger partial charge in [0.25, 0.3) is 0 Å². The number of rotatable bonds is 3. The minimum Gasteiger partial charge on any atom is -0.462 e. The first-order valence-corrected chi connectivity index (χ1v) is 6.60. The van der Waals surface area contributed by atoms with Crippen molar-refractivity contribution in [2.75, 3.05) is 6.61 Å². The Bertz CT molecular complexity index is 592. The molecule has 0 N–H and O–H groups in total. The Balaban J connectivity index is 2.30. The molecule has 0 fully saturated rings. The fourth-order valence-corrected chi connectivity index (χ4v) is 2.24. The molecular weight excluding hydrogens is 283 g/mol. The van der Waals surface area contributed by atoms with E-state index in [0.717, 1.165) is 11.1 Å². The van der Waals surface area contributed by atoms with Crippen LogP contribution in [0.15, 0.2) is 42.5 Å². The van der Waals surface area contributed by atoms with Gasteiger partial charge in [-0.25, -0.2) is 4.79 Å². The summed E-state index contributed by atoms with van der Waals surface area (Å²) in [6.07, 6.45) is 0. The molecule has 0 heterocycles. The molecule has 19 heavy (non-hydrogen) atoms. The summed E-state index contributed by atoms with van der Waals surface area (Å²) in [5, 5.41) is 1.17. The standard InChI is InChI=1S/C15H12Cl2O2/c1-2-19-15(18)11-5-3-10(4-6-11)13-8-7-12(16)9-14(13)17/h3-9H,2H2,1H3. The Morgan fingerprint density at radius 1 is 1.11 bits per heavy atom. The van der Waals surface area contributed by atoms with Gasteiger partial charge in [0, 0.05) is 15.6 Å². The molecule has 2 rings (SSSR count). The van der Waals surface area contributed by atoms with E-state index >= 15 is 0 Å². The van der Waals surface area contributed by atoms with Crippen molar-refractivity contribution in [2.45, 2.75) is 6.92 Å². The van der Waals surface area contributed by atoms with E-state index in [1.54, 1.807) is 31.2 Å². The van der Waals surface area contributed by atoms with Gasteiger partial charge in [-0.2, -0.15) is 0 Å². The third-order valence-corrected chi connectivity index (χ3v) is 3.19. The van der Waals surface area contributed by atoms with Gasteiger partial charge in [0.05, 0.1) is 12.2 Å². The largest absolute Gasteiger partial charge is 0.462 e. The van der Waals surface area contributed by atoms with Crippen LogP contribution in [0.1, 0.15) is 17.3 Å². The lowest BCUT2D eigenvalue weighted by molar-refractivity contribution is 0.0526. The Morgan fingerprint density at radius 2 is 1.79 bits per heavy atom. The zero-order valence-corrected chi connectivity index (χ0v) is 11.8. The number of hydrogen-bond acceptors (Lipinski definition) is 2. The third kappa shape index (κ3) is 3.28. The Hall–Kier alpha value is -1.51. The van der Waals surface area contributed by atoms with Gasteiger partial charge in [0.15, 0.2) is 0 Å². The Morgan fingerprint density at radius 3 is 2.37 bits per heavy atom. The summed E-state index contributed by atoms with van der Waals surface area (Å²) in [7, 11) is 0. The fraction of sp³-hybridized carbons (Fsp3) is 0.133. The fourth-order valence-electron chi connectivity index (χ4n) is 1.72. The molecule has 0 spiro atoms. The van der Waals surface area contributed by atoms with Crippen LogP contribution in [0.3, 0.4) is 0 Å². The van der Waals surface area contributed by atoms with E-state index < -0.39 is 0 Å². The van der Waals surface area contributed by atoms with Gasteiger partial charge in [-0.3, -0.25) is 0 Å². The minimum absolute atomic E-state index is 0.323. The van der Waals surface area contributed by atoms with Gasteiger partial charge in [-0.15, -0.1) is 0 Å². The first-order chi connectivity index (χ1) is 9.11. The van der Waals surface area contributed by atoms with Crippen LogP contribution in [0.4, 0.5) is 0 Å². The molecule has 4 heteroatoms. The molecule has 0 aliphatic carbocycles. The van der Waals surface area contributed by atoms with Gasteiger partial charge in [0.1, 0.15) is 0 Å². The predicted molar refractivity (Wildman–Crippen MR) is 77.9 cm³/mol. The highest BCUT2D eigenvalue weighted by molar-refractivity contribution is 6.36. The van der Waals surface area contributed by atoms with E-state index in [0.29, 0.717) is 22.2 Å². The normalized spacial score (nSPS) is 10.3. The quantitative estimate of drug-likeness (QED) is 0.757. The van der Waals surface area contributed by atoms with Crippen LogP contribution in [-0.4, -0.2) is 12.6 Å². The van der Waals surface area contributed by atoms with Gasteiger partial charge < -0.3 is 4.74 Å². The summed E-state index contributed by atoms with van der Waals surface area (Å²) >= 11 is 12.0. The summed E-state index contributed by atoms with van der Waals surface area (Å²) in [6.45, 7) is 2.14. The summed E-state index contributed by atoms with van der Waals surface area (Å²) in [6, 6.07) is 12.4. The van der Waals surface area contributed by atoms with Crippen molar-refractivity contribution in [2.24, 2.45) is 0 Å². The van der Waals surface area contributed by atoms with Gasteiger partial charge in [-0.1, -0.05) is 41.4 Å². The molecule has 0 atom stereocenters. The Labute approximate surface area is 121 Å². The summed E-state index contributed by atoms with van der Waals surface area (Å²) in [4.78, 5) is 11.5. The maximum atomic E-state index is 11.5. The van der Waals surface area contributed by atoms with Gasteiger partial charge in [0.2, 0.25) is 0 Å². The predicted octanol–water partition coefficient (Wildman–Crippen LogP) is 4.84. The molecular formula is C15H12Cl2O2. The molecule has 0 unspecified atom stereocenters. The van der Waals surface area contributed by atoms with Crippen molar-refractivity contribution in [3.8, 4) is 11.1 Å². The van der Waals surface area contributed by atoms with Crippen LogP contribution in [0.25, 0.3) is 11.1 Å². The highest BCUT2D eigenvalue weighted by Gasteiger charge is 2.08. The van der Waals surface area contributed by atoms with Crippen molar-refractivity contribution >= 4 is 29.2 Å². The first kappa shape index (κ1) is 13.9. The van der Waals surface area contributed by atoms with E-state index in [1.807, 2.05) is 18.2 Å². The summed E-state index contributed by atoms with van der Waals surface area (Å²) < 4.78 is 4.93. The van der Waals surface area contributed by atoms with Crippen molar-refractivity contribution in [1.82, 2.24) is 0 Å². The van der Waals surface area contributed by atoms with Gasteiger partial charge in [-0.05, 0) is 36.8 Å². The smallest absolute Gasteiger partial charge is 0.338 e. The van der Waals surface area contributed by atoms with E-state index in [1.165, 1.54) is 0 Å². The van der Waals surface area contributed by atoms with E-state index in [-0.39, 0.29) is 5.97 Å². The molecule has 2 nitrogen and oxygen atoms in total. The molecule has 0 saturated heterocycles. The van der Waals surface area contributed by atoms with Crippen LogP contribution < -0.4 is 0 Å². The first-order valence-electron chi connectivity index (χ1n) is 5.84. The zero-order valence-electron chi connectivity index (χ0n) is 10.3. The summed E-state index contributed by atoms with van der Waals surface area (Å²) in [5.41, 5.74) is 2.33. The molecule has 0 radical (unpaired) electrons. The molecule has 0 aliphatic heterocycles.